The van der Waals surface area contributed by atoms with Crippen LogP contribution in [0.1, 0.15) is 35.4 Å². The molecule has 3 heteroatoms. The van der Waals surface area contributed by atoms with Gasteiger partial charge in [-0.25, -0.2) is 0 Å². The molecule has 0 fully saturated rings. The molecular formula is C28H28O3. The van der Waals surface area contributed by atoms with Crippen molar-refractivity contribution in [2.75, 3.05) is 14.2 Å². The van der Waals surface area contributed by atoms with Gasteiger partial charge >= 0.3 is 0 Å². The first-order chi connectivity index (χ1) is 15.1. The number of ether oxygens (including phenoxy) is 3. The highest BCUT2D eigenvalue weighted by Gasteiger charge is 2.39. The summed E-state index contributed by atoms with van der Waals surface area (Å²) in [7, 11) is 3.37. The summed E-state index contributed by atoms with van der Waals surface area (Å²) in [6.07, 6.45) is 0. The van der Waals surface area contributed by atoms with Crippen LogP contribution >= 0.6 is 0 Å². The average molecular weight is 413 g/mol. The van der Waals surface area contributed by atoms with Crippen LogP contribution in [-0.2, 0) is 11.3 Å². The fraction of sp³-hybridized carbons (Fsp3) is 0.214. The lowest BCUT2D eigenvalue weighted by atomic mass is 9.80. The van der Waals surface area contributed by atoms with Crippen molar-refractivity contribution in [3.63, 3.8) is 0 Å². The lowest BCUT2D eigenvalue weighted by molar-refractivity contribution is 0.205. The van der Waals surface area contributed by atoms with Gasteiger partial charge in [0.1, 0.15) is 23.9 Å². The molecule has 0 spiro atoms. The molecule has 0 saturated carbocycles. The molecule has 0 bridgehead atoms. The van der Waals surface area contributed by atoms with Crippen molar-refractivity contribution < 1.29 is 14.2 Å². The third kappa shape index (κ3) is 4.22. The minimum atomic E-state index is 0.102. The molecule has 1 aliphatic carbocycles. The first-order valence-electron chi connectivity index (χ1n) is 10.5. The molecule has 0 N–H and O–H groups in total. The van der Waals surface area contributed by atoms with Crippen molar-refractivity contribution in [1.29, 1.82) is 0 Å². The van der Waals surface area contributed by atoms with Gasteiger partial charge < -0.3 is 14.2 Å². The number of hydrogen-bond donors (Lipinski definition) is 0. The lowest BCUT2D eigenvalue weighted by Gasteiger charge is -2.23. The highest BCUT2D eigenvalue weighted by atomic mass is 16.5. The second-order valence-electron chi connectivity index (χ2n) is 7.81. The normalized spacial score (nSPS) is 18.2. The number of benzene rings is 3. The van der Waals surface area contributed by atoms with E-state index in [1.165, 1.54) is 16.7 Å². The van der Waals surface area contributed by atoms with Gasteiger partial charge in [-0.05, 0) is 59.0 Å². The zero-order chi connectivity index (χ0) is 21.8. The molecule has 0 saturated heterocycles. The van der Waals surface area contributed by atoms with E-state index in [1.807, 2.05) is 42.5 Å². The van der Waals surface area contributed by atoms with Crippen LogP contribution in [0.2, 0.25) is 0 Å². The predicted molar refractivity (Wildman–Crippen MR) is 125 cm³/mol. The lowest BCUT2D eigenvalue weighted by Crippen LogP contribution is -2.09. The van der Waals surface area contributed by atoms with E-state index in [9.17, 15) is 0 Å². The van der Waals surface area contributed by atoms with E-state index in [-0.39, 0.29) is 11.8 Å². The Hall–Kier alpha value is -3.46. The van der Waals surface area contributed by atoms with E-state index in [1.54, 1.807) is 14.2 Å². The van der Waals surface area contributed by atoms with Crippen LogP contribution in [-0.4, -0.2) is 14.2 Å². The molecule has 0 radical (unpaired) electrons. The molecule has 0 amide bonds. The van der Waals surface area contributed by atoms with Crippen molar-refractivity contribution in [2.24, 2.45) is 0 Å². The standard InChI is InChI=1S/C28H28O3/c1-19-26(22-10-14-24(29-3)15-11-22)27(23-12-16-25(30-4)17-13-23)20(2)28(19)31-18-21-8-6-5-7-9-21/h5-17,26-27H,1,18H2,2-4H3/t26-,27-/m1/s1. The Morgan fingerprint density at radius 1 is 0.710 bits per heavy atom. The van der Waals surface area contributed by atoms with Crippen LogP contribution in [0.5, 0.6) is 11.5 Å². The van der Waals surface area contributed by atoms with Gasteiger partial charge in [-0.15, -0.1) is 0 Å². The van der Waals surface area contributed by atoms with Gasteiger partial charge in [0.15, 0.2) is 0 Å². The third-order valence-electron chi connectivity index (χ3n) is 6.00. The Morgan fingerprint density at radius 3 is 1.74 bits per heavy atom. The van der Waals surface area contributed by atoms with Crippen molar-refractivity contribution in [2.45, 2.75) is 25.4 Å². The highest BCUT2D eigenvalue weighted by molar-refractivity contribution is 5.54. The second kappa shape index (κ2) is 9.13. The summed E-state index contributed by atoms with van der Waals surface area (Å²) in [6.45, 7) is 7.15. The zero-order valence-electron chi connectivity index (χ0n) is 18.3. The molecule has 31 heavy (non-hydrogen) atoms. The Morgan fingerprint density at radius 2 is 1.23 bits per heavy atom. The molecule has 0 heterocycles. The maximum Gasteiger partial charge on any atom is 0.122 e. The molecule has 2 atom stereocenters. The van der Waals surface area contributed by atoms with Crippen LogP contribution in [0.15, 0.2) is 102 Å². The summed E-state index contributed by atoms with van der Waals surface area (Å²) in [5, 5.41) is 0. The number of methoxy groups -OCH3 is 2. The molecule has 3 aromatic carbocycles. The topological polar surface area (TPSA) is 27.7 Å². The SMILES string of the molecule is C=C1C(OCc2ccccc2)=C(C)[C@H](c2ccc(OC)cc2)[C@H]1c1ccc(OC)cc1. The highest BCUT2D eigenvalue weighted by Crippen LogP contribution is 2.52. The van der Waals surface area contributed by atoms with Gasteiger partial charge in [-0.2, -0.15) is 0 Å². The summed E-state index contributed by atoms with van der Waals surface area (Å²) < 4.78 is 17.0. The monoisotopic (exact) mass is 412 g/mol. The molecule has 0 unspecified atom stereocenters. The molecule has 3 aromatic rings. The smallest absolute Gasteiger partial charge is 0.122 e. The van der Waals surface area contributed by atoms with Gasteiger partial charge in [-0.1, -0.05) is 61.2 Å². The summed E-state index contributed by atoms with van der Waals surface area (Å²) in [5.74, 6) is 2.86. The maximum atomic E-state index is 6.34. The van der Waals surface area contributed by atoms with Gasteiger partial charge in [0, 0.05) is 11.8 Å². The van der Waals surface area contributed by atoms with E-state index in [0.29, 0.717) is 6.61 Å². The first kappa shape index (κ1) is 20.8. The minimum Gasteiger partial charge on any atom is -0.497 e. The quantitative estimate of drug-likeness (QED) is 0.436. The predicted octanol–water partition coefficient (Wildman–Crippen LogP) is 6.63. The average Bonchev–Trinajstić information content (AvgIpc) is 3.08. The van der Waals surface area contributed by atoms with Gasteiger partial charge in [-0.3, -0.25) is 0 Å². The van der Waals surface area contributed by atoms with Crippen molar-refractivity contribution in [3.8, 4) is 11.5 Å². The fourth-order valence-electron chi connectivity index (χ4n) is 4.38. The van der Waals surface area contributed by atoms with Crippen LogP contribution in [0.25, 0.3) is 0 Å². The van der Waals surface area contributed by atoms with Gasteiger partial charge in [0.25, 0.3) is 0 Å². The van der Waals surface area contributed by atoms with Crippen molar-refractivity contribution >= 4 is 0 Å². The van der Waals surface area contributed by atoms with Crippen LogP contribution < -0.4 is 9.47 Å². The summed E-state index contributed by atoms with van der Waals surface area (Å²) in [5.41, 5.74) is 5.78. The maximum absolute atomic E-state index is 6.34. The van der Waals surface area contributed by atoms with Crippen molar-refractivity contribution in [3.05, 3.63) is 119 Å². The number of hydrogen-bond acceptors (Lipinski definition) is 3. The Bertz CT molecular complexity index is 1060. The van der Waals surface area contributed by atoms with Gasteiger partial charge in [0.2, 0.25) is 0 Å². The largest absolute Gasteiger partial charge is 0.497 e. The fourth-order valence-corrected chi connectivity index (χ4v) is 4.38. The van der Waals surface area contributed by atoms with Crippen LogP contribution in [0.4, 0.5) is 0 Å². The first-order valence-corrected chi connectivity index (χ1v) is 10.5. The molecule has 3 nitrogen and oxygen atoms in total. The van der Waals surface area contributed by atoms with E-state index >= 15 is 0 Å². The number of allylic oxidation sites excluding steroid dienone is 2. The van der Waals surface area contributed by atoms with E-state index in [4.69, 9.17) is 14.2 Å². The summed E-state index contributed by atoms with van der Waals surface area (Å²) in [6, 6.07) is 26.8. The van der Waals surface area contributed by atoms with Gasteiger partial charge in [0.05, 0.1) is 14.2 Å². The van der Waals surface area contributed by atoms with Crippen LogP contribution in [0, 0.1) is 0 Å². The second-order valence-corrected chi connectivity index (χ2v) is 7.81. The molecular weight excluding hydrogens is 384 g/mol. The Kier molecular flexibility index (Phi) is 6.13. The van der Waals surface area contributed by atoms with Crippen LogP contribution in [0.3, 0.4) is 0 Å². The van der Waals surface area contributed by atoms with E-state index < -0.39 is 0 Å². The molecule has 0 aliphatic heterocycles. The summed E-state index contributed by atoms with van der Waals surface area (Å²) >= 11 is 0. The number of rotatable bonds is 7. The molecule has 1 aliphatic rings. The third-order valence-corrected chi connectivity index (χ3v) is 6.00. The minimum absolute atomic E-state index is 0.102. The van der Waals surface area contributed by atoms with E-state index in [0.717, 1.165) is 28.4 Å². The molecule has 0 aromatic heterocycles. The van der Waals surface area contributed by atoms with E-state index in [2.05, 4.69) is 49.9 Å². The zero-order valence-corrected chi connectivity index (χ0v) is 18.3. The van der Waals surface area contributed by atoms with Crippen molar-refractivity contribution in [1.82, 2.24) is 0 Å². The molecule has 158 valence electrons. The Labute approximate surface area is 184 Å². The Balaban J connectivity index is 1.70. The summed E-state index contributed by atoms with van der Waals surface area (Å²) in [4.78, 5) is 0. The molecule has 4 rings (SSSR count).